The molecule has 0 radical (unpaired) electrons. The number of carbonyl (C=O) groups excluding carboxylic acids is 2. The van der Waals surface area contributed by atoms with Crippen LogP contribution in [0.5, 0.6) is 11.5 Å². The van der Waals surface area contributed by atoms with Gasteiger partial charge in [0.25, 0.3) is 5.91 Å². The fourth-order valence-electron chi connectivity index (χ4n) is 5.33. The van der Waals surface area contributed by atoms with Gasteiger partial charge in [-0.15, -0.1) is 5.17 Å². The molecule has 2 aromatic rings. The SMILES string of the molecule is CCC(Cc1ccccc1)([C@H](CS(C)(=O)=O)C(=O)N(NC=O)OC(C)(C)C)N(O)C[C@@H](C)CS(=O)(=O)c1ccc2c(c1)OCO2. The number of benzene rings is 2. The third-order valence-electron chi connectivity index (χ3n) is 7.32. The molecule has 2 aromatic carbocycles. The van der Waals surface area contributed by atoms with Gasteiger partial charge in [0.05, 0.1) is 33.5 Å². The molecule has 2 amide bonds. The molecule has 0 aliphatic carbocycles. The van der Waals surface area contributed by atoms with E-state index in [2.05, 4.69) is 5.43 Å². The highest BCUT2D eigenvalue weighted by molar-refractivity contribution is 7.91. The molecule has 2 N–H and O–H groups in total. The van der Waals surface area contributed by atoms with Crippen LogP contribution in [0.15, 0.2) is 53.4 Å². The average Bonchev–Trinajstić information content (AvgIpc) is 3.41. The van der Waals surface area contributed by atoms with Crippen molar-refractivity contribution in [1.82, 2.24) is 15.7 Å². The molecule has 250 valence electrons. The molecule has 0 spiro atoms. The van der Waals surface area contributed by atoms with Crippen molar-refractivity contribution >= 4 is 32.0 Å². The number of hydrazine groups is 1. The zero-order chi connectivity index (χ0) is 33.6. The number of nitrogens with zero attached hydrogens (tertiary/aromatic N) is 2. The molecule has 1 unspecified atom stereocenters. The molecule has 15 heteroatoms. The first-order valence-electron chi connectivity index (χ1n) is 14.4. The number of nitrogens with one attached hydrogen (secondary N) is 1. The van der Waals surface area contributed by atoms with E-state index in [4.69, 9.17) is 14.3 Å². The summed E-state index contributed by atoms with van der Waals surface area (Å²) in [5.41, 5.74) is 0.344. The van der Waals surface area contributed by atoms with Crippen LogP contribution in [0.4, 0.5) is 0 Å². The Labute approximate surface area is 265 Å². The number of fused-ring (bicyclic) bond motifs is 1. The van der Waals surface area contributed by atoms with Crippen LogP contribution in [-0.4, -0.2) is 86.8 Å². The van der Waals surface area contributed by atoms with E-state index < -0.39 is 54.3 Å². The van der Waals surface area contributed by atoms with Crippen molar-refractivity contribution in [3.8, 4) is 11.5 Å². The van der Waals surface area contributed by atoms with Crippen LogP contribution in [-0.2, 0) is 40.5 Å². The highest BCUT2D eigenvalue weighted by Crippen LogP contribution is 2.37. The molecule has 1 heterocycles. The first-order chi connectivity index (χ1) is 20.9. The van der Waals surface area contributed by atoms with E-state index in [1.807, 2.05) is 0 Å². The van der Waals surface area contributed by atoms with Gasteiger partial charge >= 0.3 is 0 Å². The number of rotatable bonds is 16. The average molecular weight is 670 g/mol. The predicted octanol–water partition coefficient (Wildman–Crippen LogP) is 2.79. The summed E-state index contributed by atoms with van der Waals surface area (Å²) in [6.45, 7) is 8.01. The Hall–Kier alpha value is -3.24. The summed E-state index contributed by atoms with van der Waals surface area (Å²) < 4.78 is 62.9. The van der Waals surface area contributed by atoms with Gasteiger partial charge in [-0.25, -0.2) is 27.1 Å². The summed E-state index contributed by atoms with van der Waals surface area (Å²) in [6.07, 6.45) is 1.28. The van der Waals surface area contributed by atoms with E-state index in [1.54, 1.807) is 65.0 Å². The van der Waals surface area contributed by atoms with E-state index in [0.29, 0.717) is 22.2 Å². The summed E-state index contributed by atoms with van der Waals surface area (Å²) >= 11 is 0. The van der Waals surface area contributed by atoms with Crippen molar-refractivity contribution in [3.05, 3.63) is 54.1 Å². The highest BCUT2D eigenvalue weighted by atomic mass is 32.2. The molecule has 45 heavy (non-hydrogen) atoms. The summed E-state index contributed by atoms with van der Waals surface area (Å²) in [5, 5.41) is 13.3. The first kappa shape index (κ1) is 36.2. The molecule has 3 rings (SSSR count). The minimum Gasteiger partial charge on any atom is -0.454 e. The lowest BCUT2D eigenvalue weighted by Crippen LogP contribution is -2.63. The lowest BCUT2D eigenvalue weighted by atomic mass is 9.76. The smallest absolute Gasteiger partial charge is 0.272 e. The van der Waals surface area contributed by atoms with Gasteiger partial charge < -0.3 is 14.7 Å². The third-order valence-corrected chi connectivity index (χ3v) is 10.2. The van der Waals surface area contributed by atoms with Gasteiger partial charge in [0.1, 0.15) is 9.84 Å². The molecular weight excluding hydrogens is 626 g/mol. The monoisotopic (exact) mass is 669 g/mol. The summed E-state index contributed by atoms with van der Waals surface area (Å²) in [5.74, 6) is -3.37. The Balaban J connectivity index is 2.03. The Morgan fingerprint density at radius 1 is 1.07 bits per heavy atom. The molecule has 3 atom stereocenters. The van der Waals surface area contributed by atoms with Crippen molar-refractivity contribution in [2.24, 2.45) is 11.8 Å². The minimum absolute atomic E-state index is 0.0107. The maximum Gasteiger partial charge on any atom is 0.272 e. The second-order valence-corrected chi connectivity index (χ2v) is 16.6. The topological polar surface area (TPSA) is 169 Å². The number of amides is 2. The summed E-state index contributed by atoms with van der Waals surface area (Å²) in [6, 6.07) is 13.2. The molecule has 1 aliphatic rings. The first-order valence-corrected chi connectivity index (χ1v) is 18.2. The lowest BCUT2D eigenvalue weighted by Gasteiger charge is -2.46. The third kappa shape index (κ3) is 9.63. The Kier molecular flexibility index (Phi) is 11.6. The van der Waals surface area contributed by atoms with Gasteiger partial charge in [0.2, 0.25) is 13.2 Å². The normalized spacial score (nSPS) is 16.1. The van der Waals surface area contributed by atoms with Gasteiger partial charge in [-0.05, 0) is 57.2 Å². The van der Waals surface area contributed by atoms with Crippen LogP contribution in [0.2, 0.25) is 0 Å². The number of hydrogen-bond acceptors (Lipinski definition) is 11. The van der Waals surface area contributed by atoms with Crippen LogP contribution < -0.4 is 14.9 Å². The fraction of sp³-hybridized carbons (Fsp3) is 0.533. The van der Waals surface area contributed by atoms with E-state index >= 15 is 0 Å². The van der Waals surface area contributed by atoms with Gasteiger partial charge in [-0.2, -0.15) is 5.06 Å². The minimum atomic E-state index is -3.86. The Morgan fingerprint density at radius 2 is 1.71 bits per heavy atom. The van der Waals surface area contributed by atoms with E-state index in [0.717, 1.165) is 11.3 Å². The number of carbonyl (C=O) groups is 2. The van der Waals surface area contributed by atoms with Crippen LogP contribution in [0, 0.1) is 11.8 Å². The molecule has 0 saturated carbocycles. The van der Waals surface area contributed by atoms with Crippen molar-refractivity contribution in [3.63, 3.8) is 0 Å². The molecule has 0 saturated heterocycles. The zero-order valence-electron chi connectivity index (χ0n) is 26.4. The van der Waals surface area contributed by atoms with Crippen molar-refractivity contribution in [1.29, 1.82) is 0 Å². The standard InChI is InChI=1S/C30H43N3O10S2/c1-7-30(16-23-11-9-8-10-12-23,25(19-44(6,37)38)28(35)33(31-20-34)43-29(3,4)5)32(36)17-22(2)18-45(39,40)24-13-14-26-27(15-24)42-21-41-26/h8-15,20,22,25,36H,7,16-19,21H2,1-6H3,(H,31,34)/t22-,25-,30?/m1/s1. The van der Waals surface area contributed by atoms with Crippen molar-refractivity contribution < 1.29 is 45.9 Å². The molecule has 13 nitrogen and oxygen atoms in total. The molecular formula is C30H43N3O10S2. The van der Waals surface area contributed by atoms with Crippen LogP contribution in [0.25, 0.3) is 0 Å². The van der Waals surface area contributed by atoms with Gasteiger partial charge in [-0.3, -0.25) is 9.59 Å². The number of hydroxylamine groups is 3. The number of hydrogen-bond donors (Lipinski definition) is 2. The largest absolute Gasteiger partial charge is 0.454 e. The Morgan fingerprint density at radius 3 is 2.29 bits per heavy atom. The van der Waals surface area contributed by atoms with E-state index in [-0.39, 0.29) is 43.2 Å². The van der Waals surface area contributed by atoms with Crippen LogP contribution in [0.1, 0.15) is 46.6 Å². The lowest BCUT2D eigenvalue weighted by molar-refractivity contribution is -0.257. The van der Waals surface area contributed by atoms with E-state index in [9.17, 15) is 31.6 Å². The predicted molar refractivity (Wildman–Crippen MR) is 166 cm³/mol. The summed E-state index contributed by atoms with van der Waals surface area (Å²) in [7, 11) is -7.71. The second-order valence-electron chi connectivity index (χ2n) is 12.3. The quantitative estimate of drug-likeness (QED) is 0.199. The maximum atomic E-state index is 14.1. The fourth-order valence-corrected chi connectivity index (χ4v) is 7.99. The van der Waals surface area contributed by atoms with Gasteiger partial charge in [0, 0.05) is 18.9 Å². The van der Waals surface area contributed by atoms with Crippen molar-refractivity contribution in [2.75, 3.05) is 31.1 Å². The molecule has 0 bridgehead atoms. The van der Waals surface area contributed by atoms with Crippen molar-refractivity contribution in [2.45, 2.75) is 63.5 Å². The molecule has 0 aromatic heterocycles. The molecule has 0 fully saturated rings. The van der Waals surface area contributed by atoms with Crippen LogP contribution >= 0.6 is 0 Å². The number of sulfone groups is 2. The van der Waals surface area contributed by atoms with Crippen LogP contribution in [0.3, 0.4) is 0 Å². The number of ether oxygens (including phenoxy) is 2. The summed E-state index contributed by atoms with van der Waals surface area (Å²) in [4.78, 5) is 31.3. The van der Waals surface area contributed by atoms with Gasteiger partial charge in [-0.1, -0.05) is 44.2 Å². The second kappa shape index (κ2) is 14.5. The van der Waals surface area contributed by atoms with E-state index in [1.165, 1.54) is 18.2 Å². The maximum absolute atomic E-state index is 14.1. The Bertz CT molecular complexity index is 1550. The van der Waals surface area contributed by atoms with Gasteiger partial charge in [0.15, 0.2) is 21.3 Å². The molecule has 1 aliphatic heterocycles. The zero-order valence-corrected chi connectivity index (χ0v) is 28.1. The highest BCUT2D eigenvalue weighted by Gasteiger charge is 2.50.